The number of halogens is 1. The van der Waals surface area contributed by atoms with Gasteiger partial charge < -0.3 is 4.90 Å². The normalized spacial score (nSPS) is 13.5. The SMILES string of the molecule is CC1(C)c2cc(I)ccc2-c2ccc(N(c3ccccc3)c3cccc4ccccc34)cc21. The summed E-state index contributed by atoms with van der Waals surface area (Å²) in [6, 6.07) is 39.7. The second-order valence-corrected chi connectivity index (χ2v) is 10.5. The molecule has 0 fully saturated rings. The van der Waals surface area contributed by atoms with Crippen LogP contribution in [0.5, 0.6) is 0 Å². The summed E-state index contributed by atoms with van der Waals surface area (Å²) in [6.45, 7) is 4.70. The zero-order valence-corrected chi connectivity index (χ0v) is 20.9. The van der Waals surface area contributed by atoms with E-state index >= 15 is 0 Å². The predicted octanol–water partition coefficient (Wildman–Crippen LogP) is 9.22. The van der Waals surface area contributed by atoms with Crippen molar-refractivity contribution in [2.45, 2.75) is 19.3 Å². The summed E-state index contributed by atoms with van der Waals surface area (Å²) >= 11 is 2.42. The van der Waals surface area contributed by atoms with Crippen molar-refractivity contribution in [3.8, 4) is 11.1 Å². The molecule has 160 valence electrons. The molecule has 0 bridgehead atoms. The van der Waals surface area contributed by atoms with Crippen LogP contribution in [0.25, 0.3) is 21.9 Å². The average molecular weight is 537 g/mol. The van der Waals surface area contributed by atoms with Gasteiger partial charge in [-0.2, -0.15) is 0 Å². The van der Waals surface area contributed by atoms with Crippen LogP contribution in [0.3, 0.4) is 0 Å². The third-order valence-electron chi connectivity index (χ3n) is 6.90. The quantitative estimate of drug-likeness (QED) is 0.208. The van der Waals surface area contributed by atoms with E-state index in [0.717, 1.165) is 5.69 Å². The topological polar surface area (TPSA) is 3.24 Å². The van der Waals surface area contributed by atoms with Gasteiger partial charge in [-0.25, -0.2) is 0 Å². The highest BCUT2D eigenvalue weighted by Crippen LogP contribution is 2.51. The first kappa shape index (κ1) is 20.5. The van der Waals surface area contributed by atoms with Gasteiger partial charge in [0.05, 0.1) is 5.69 Å². The Hall–Kier alpha value is -3.11. The minimum absolute atomic E-state index is 0.0387. The molecule has 0 N–H and O–H groups in total. The Kier molecular flexibility index (Phi) is 4.81. The van der Waals surface area contributed by atoms with Crippen LogP contribution in [0.1, 0.15) is 25.0 Å². The van der Waals surface area contributed by atoms with Crippen LogP contribution in [0, 0.1) is 3.57 Å². The minimum Gasteiger partial charge on any atom is -0.310 e. The maximum atomic E-state index is 2.42. The third kappa shape index (κ3) is 3.27. The van der Waals surface area contributed by atoms with Gasteiger partial charge in [-0.3, -0.25) is 0 Å². The number of benzene rings is 5. The summed E-state index contributed by atoms with van der Waals surface area (Å²) in [6.07, 6.45) is 0. The van der Waals surface area contributed by atoms with Crippen molar-refractivity contribution in [3.63, 3.8) is 0 Å². The number of anilines is 3. The Bertz CT molecular complexity index is 1500. The van der Waals surface area contributed by atoms with Crippen molar-refractivity contribution in [1.82, 2.24) is 0 Å². The van der Waals surface area contributed by atoms with Gasteiger partial charge in [0.2, 0.25) is 0 Å². The Morgan fingerprint density at radius 3 is 2.09 bits per heavy atom. The highest BCUT2D eigenvalue weighted by atomic mass is 127. The lowest BCUT2D eigenvalue weighted by molar-refractivity contribution is 0.660. The molecule has 1 aliphatic carbocycles. The summed E-state index contributed by atoms with van der Waals surface area (Å²) in [7, 11) is 0. The first-order valence-corrected chi connectivity index (χ1v) is 12.4. The molecule has 0 radical (unpaired) electrons. The van der Waals surface area contributed by atoms with Crippen LogP contribution in [-0.2, 0) is 5.41 Å². The molecular formula is C31H24IN. The van der Waals surface area contributed by atoms with E-state index in [2.05, 4.69) is 151 Å². The summed E-state index contributed by atoms with van der Waals surface area (Å²) in [4.78, 5) is 2.39. The molecule has 0 atom stereocenters. The molecule has 0 aromatic heterocycles. The number of rotatable bonds is 3. The van der Waals surface area contributed by atoms with Crippen LogP contribution in [0.15, 0.2) is 109 Å². The van der Waals surface area contributed by atoms with E-state index in [4.69, 9.17) is 0 Å². The summed E-state index contributed by atoms with van der Waals surface area (Å²) < 4.78 is 1.29. The van der Waals surface area contributed by atoms with Gasteiger partial charge in [0, 0.05) is 25.7 Å². The fraction of sp³-hybridized carbons (Fsp3) is 0.0968. The van der Waals surface area contributed by atoms with Crippen LogP contribution >= 0.6 is 22.6 Å². The van der Waals surface area contributed by atoms with Gasteiger partial charge >= 0.3 is 0 Å². The molecule has 0 amide bonds. The van der Waals surface area contributed by atoms with E-state index in [-0.39, 0.29) is 5.41 Å². The predicted molar refractivity (Wildman–Crippen MR) is 149 cm³/mol. The Morgan fingerprint density at radius 1 is 0.606 bits per heavy atom. The average Bonchev–Trinajstić information content (AvgIpc) is 3.06. The van der Waals surface area contributed by atoms with Crippen LogP contribution in [0.4, 0.5) is 17.1 Å². The number of nitrogens with zero attached hydrogens (tertiary/aromatic N) is 1. The van der Waals surface area contributed by atoms with Gasteiger partial charge in [0.1, 0.15) is 0 Å². The third-order valence-corrected chi connectivity index (χ3v) is 7.57. The molecule has 0 spiro atoms. The highest BCUT2D eigenvalue weighted by Gasteiger charge is 2.36. The van der Waals surface area contributed by atoms with Crippen LogP contribution in [-0.4, -0.2) is 0 Å². The lowest BCUT2D eigenvalue weighted by Gasteiger charge is -2.29. The zero-order chi connectivity index (χ0) is 22.6. The Labute approximate surface area is 208 Å². The molecule has 0 saturated carbocycles. The van der Waals surface area contributed by atoms with E-state index in [9.17, 15) is 0 Å². The highest BCUT2D eigenvalue weighted by molar-refractivity contribution is 14.1. The summed E-state index contributed by atoms with van der Waals surface area (Å²) in [5, 5.41) is 2.50. The van der Waals surface area contributed by atoms with Gasteiger partial charge in [-0.1, -0.05) is 80.6 Å². The fourth-order valence-corrected chi connectivity index (χ4v) is 5.74. The smallest absolute Gasteiger partial charge is 0.0540 e. The van der Waals surface area contributed by atoms with E-state index in [1.165, 1.54) is 48.0 Å². The standard InChI is InChI=1S/C31H24IN/c1-31(2)28-19-22(32)15-17-26(28)27-18-16-24(20-29(27)31)33(23-11-4-3-5-12-23)30-14-8-10-21-9-6-7-13-25(21)30/h3-20H,1-2H3. The van der Waals surface area contributed by atoms with Crippen molar-refractivity contribution in [3.05, 3.63) is 124 Å². The second kappa shape index (κ2) is 7.74. The first-order valence-electron chi connectivity index (χ1n) is 11.3. The zero-order valence-electron chi connectivity index (χ0n) is 18.7. The van der Waals surface area contributed by atoms with Crippen molar-refractivity contribution in [1.29, 1.82) is 0 Å². The lowest BCUT2D eigenvalue weighted by atomic mass is 9.82. The Balaban J connectivity index is 1.59. The molecule has 0 unspecified atom stereocenters. The van der Waals surface area contributed by atoms with Gasteiger partial charge in [-0.15, -0.1) is 0 Å². The first-order chi connectivity index (χ1) is 16.0. The molecule has 33 heavy (non-hydrogen) atoms. The largest absolute Gasteiger partial charge is 0.310 e. The molecule has 1 aliphatic rings. The van der Waals surface area contributed by atoms with E-state index in [0.29, 0.717) is 0 Å². The van der Waals surface area contributed by atoms with Gasteiger partial charge in [-0.05, 0) is 92.7 Å². The van der Waals surface area contributed by atoms with E-state index < -0.39 is 0 Å². The monoisotopic (exact) mass is 537 g/mol. The second-order valence-electron chi connectivity index (χ2n) is 9.21. The molecule has 5 aromatic rings. The van der Waals surface area contributed by atoms with E-state index in [1.54, 1.807) is 0 Å². The molecule has 2 heteroatoms. The molecular weight excluding hydrogens is 513 g/mol. The summed E-state index contributed by atoms with van der Waals surface area (Å²) in [5.74, 6) is 0. The molecule has 6 rings (SSSR count). The number of hydrogen-bond donors (Lipinski definition) is 0. The number of fused-ring (bicyclic) bond motifs is 4. The van der Waals surface area contributed by atoms with Gasteiger partial charge in [0.25, 0.3) is 0 Å². The van der Waals surface area contributed by atoms with Crippen molar-refractivity contribution in [2.24, 2.45) is 0 Å². The Morgan fingerprint density at radius 2 is 1.27 bits per heavy atom. The van der Waals surface area contributed by atoms with Crippen LogP contribution < -0.4 is 4.90 Å². The maximum Gasteiger partial charge on any atom is 0.0540 e. The lowest BCUT2D eigenvalue weighted by Crippen LogP contribution is -2.16. The number of hydrogen-bond acceptors (Lipinski definition) is 1. The van der Waals surface area contributed by atoms with Crippen molar-refractivity contribution in [2.75, 3.05) is 4.90 Å². The maximum absolute atomic E-state index is 2.42. The number of para-hydroxylation sites is 1. The van der Waals surface area contributed by atoms with Crippen LogP contribution in [0.2, 0.25) is 0 Å². The molecule has 5 aromatic carbocycles. The van der Waals surface area contributed by atoms with Gasteiger partial charge in [0.15, 0.2) is 0 Å². The fourth-order valence-electron chi connectivity index (χ4n) is 5.24. The minimum atomic E-state index is -0.0387. The molecule has 0 heterocycles. The van der Waals surface area contributed by atoms with E-state index in [1.807, 2.05) is 0 Å². The molecule has 0 saturated heterocycles. The summed E-state index contributed by atoms with van der Waals surface area (Å²) in [5.41, 5.74) is 9.02. The van der Waals surface area contributed by atoms with Crippen molar-refractivity contribution >= 4 is 50.4 Å². The molecule has 1 nitrogen and oxygen atoms in total. The van der Waals surface area contributed by atoms with Crippen molar-refractivity contribution < 1.29 is 0 Å². The molecule has 0 aliphatic heterocycles.